The molecule has 1 atom stereocenters. The van der Waals surface area contributed by atoms with Crippen molar-refractivity contribution in [1.82, 2.24) is 9.80 Å². The van der Waals surface area contributed by atoms with E-state index in [0.29, 0.717) is 25.2 Å². The molecule has 5 nitrogen and oxygen atoms in total. The van der Waals surface area contributed by atoms with Gasteiger partial charge in [-0.2, -0.15) is 0 Å². The minimum Gasteiger partial charge on any atom is -0.406 e. The molecule has 0 N–H and O–H groups in total. The average Bonchev–Trinajstić information content (AvgIpc) is 3.07. The Morgan fingerprint density at radius 2 is 1.77 bits per heavy atom. The van der Waals surface area contributed by atoms with Gasteiger partial charge in [-0.1, -0.05) is 36.4 Å². The Labute approximate surface area is 172 Å². The molecule has 0 spiro atoms. The number of amides is 2. The quantitative estimate of drug-likeness (QED) is 0.764. The number of halogens is 3. The van der Waals surface area contributed by atoms with Crippen LogP contribution in [0.3, 0.4) is 0 Å². The van der Waals surface area contributed by atoms with Crippen LogP contribution in [0.2, 0.25) is 0 Å². The fourth-order valence-electron chi connectivity index (χ4n) is 4.05. The molecule has 0 bridgehead atoms. The number of hydrogen-bond donors (Lipinski definition) is 0. The van der Waals surface area contributed by atoms with Crippen LogP contribution in [-0.2, 0) is 29.1 Å². The molecule has 1 fully saturated rings. The molecule has 1 unspecified atom stereocenters. The van der Waals surface area contributed by atoms with Crippen LogP contribution in [0.4, 0.5) is 13.2 Å². The number of benzene rings is 2. The fourth-order valence-corrected chi connectivity index (χ4v) is 4.05. The van der Waals surface area contributed by atoms with Crippen molar-refractivity contribution < 1.29 is 27.5 Å². The van der Waals surface area contributed by atoms with E-state index in [4.69, 9.17) is 0 Å². The monoisotopic (exact) mass is 418 g/mol. The normalized spacial score (nSPS) is 19.0. The summed E-state index contributed by atoms with van der Waals surface area (Å²) < 4.78 is 40.6. The zero-order valence-electron chi connectivity index (χ0n) is 16.2. The Morgan fingerprint density at radius 1 is 1.07 bits per heavy atom. The highest BCUT2D eigenvalue weighted by Gasteiger charge is 2.37. The maximum absolute atomic E-state index is 13.0. The van der Waals surface area contributed by atoms with Crippen molar-refractivity contribution >= 4 is 11.8 Å². The topological polar surface area (TPSA) is 49.9 Å². The summed E-state index contributed by atoms with van der Waals surface area (Å²) in [6, 6.07) is 13.5. The summed E-state index contributed by atoms with van der Waals surface area (Å²) in [6.07, 6.45) is -3.78. The molecule has 0 aliphatic carbocycles. The summed E-state index contributed by atoms with van der Waals surface area (Å²) in [7, 11) is 0. The van der Waals surface area contributed by atoms with Gasteiger partial charge >= 0.3 is 6.36 Å². The second-order valence-corrected chi connectivity index (χ2v) is 7.65. The van der Waals surface area contributed by atoms with Crippen LogP contribution in [0.25, 0.3) is 0 Å². The molecule has 8 heteroatoms. The maximum atomic E-state index is 13.0. The van der Waals surface area contributed by atoms with Crippen molar-refractivity contribution in [3.63, 3.8) is 0 Å². The number of alkyl halides is 3. The molecule has 0 aromatic heterocycles. The number of carbonyl (C=O) groups excluding carboxylic acids is 2. The maximum Gasteiger partial charge on any atom is 0.573 e. The smallest absolute Gasteiger partial charge is 0.406 e. The van der Waals surface area contributed by atoms with E-state index in [1.807, 2.05) is 23.1 Å². The third-order valence-corrected chi connectivity index (χ3v) is 5.54. The standard InChI is InChI=1S/C22H21F3N2O3/c23-22(24,25)30-19-7-5-15(6-8-19)12-27-14-18(11-20(27)28)21(29)26-10-9-16-3-1-2-4-17(16)13-26/h1-8,18H,9-14H2. The summed E-state index contributed by atoms with van der Waals surface area (Å²) in [4.78, 5) is 28.8. The highest BCUT2D eigenvalue weighted by Crippen LogP contribution is 2.27. The third kappa shape index (κ3) is 4.58. The number of rotatable bonds is 4. The molecule has 30 heavy (non-hydrogen) atoms. The van der Waals surface area contributed by atoms with Crippen LogP contribution in [0, 0.1) is 5.92 Å². The summed E-state index contributed by atoms with van der Waals surface area (Å²) >= 11 is 0. The summed E-state index contributed by atoms with van der Waals surface area (Å²) in [5.74, 6) is -0.844. The predicted molar refractivity (Wildman–Crippen MR) is 102 cm³/mol. The molecule has 0 saturated carbocycles. The minimum atomic E-state index is -4.74. The van der Waals surface area contributed by atoms with Crippen molar-refractivity contribution in [2.24, 2.45) is 5.92 Å². The van der Waals surface area contributed by atoms with E-state index in [1.165, 1.54) is 29.8 Å². The van der Waals surface area contributed by atoms with E-state index in [2.05, 4.69) is 10.8 Å². The van der Waals surface area contributed by atoms with Crippen molar-refractivity contribution in [2.45, 2.75) is 32.3 Å². The molecule has 158 valence electrons. The molecule has 2 aromatic rings. The molecule has 1 saturated heterocycles. The first kappa shape index (κ1) is 20.3. The predicted octanol–water partition coefficient (Wildman–Crippen LogP) is 3.52. The van der Waals surface area contributed by atoms with Gasteiger partial charge in [0.1, 0.15) is 5.75 Å². The largest absolute Gasteiger partial charge is 0.573 e. The van der Waals surface area contributed by atoms with E-state index < -0.39 is 12.3 Å². The number of nitrogens with zero attached hydrogens (tertiary/aromatic N) is 2. The van der Waals surface area contributed by atoms with Crippen LogP contribution < -0.4 is 4.74 Å². The van der Waals surface area contributed by atoms with Crippen LogP contribution in [-0.4, -0.2) is 41.1 Å². The zero-order chi connectivity index (χ0) is 21.3. The molecular weight excluding hydrogens is 397 g/mol. The van der Waals surface area contributed by atoms with E-state index in [9.17, 15) is 22.8 Å². The average molecular weight is 418 g/mol. The number of likely N-dealkylation sites (tertiary alicyclic amines) is 1. The van der Waals surface area contributed by atoms with Gasteiger partial charge in [0.2, 0.25) is 11.8 Å². The number of fused-ring (bicyclic) bond motifs is 1. The molecule has 2 aliphatic heterocycles. The molecule has 2 amide bonds. The molecule has 2 heterocycles. The van der Waals surface area contributed by atoms with E-state index in [0.717, 1.165) is 12.0 Å². The highest BCUT2D eigenvalue weighted by atomic mass is 19.4. The van der Waals surface area contributed by atoms with Crippen molar-refractivity contribution in [1.29, 1.82) is 0 Å². The Hall–Kier alpha value is -3.03. The lowest BCUT2D eigenvalue weighted by molar-refractivity contribution is -0.274. The number of carbonyl (C=O) groups is 2. The summed E-state index contributed by atoms with van der Waals surface area (Å²) in [6.45, 7) is 1.76. The first-order valence-electron chi connectivity index (χ1n) is 9.76. The van der Waals surface area contributed by atoms with Gasteiger partial charge in [-0.15, -0.1) is 13.2 Å². The van der Waals surface area contributed by atoms with Gasteiger partial charge in [-0.05, 0) is 35.2 Å². The molecule has 4 rings (SSSR count). The van der Waals surface area contributed by atoms with Gasteiger partial charge < -0.3 is 14.5 Å². The third-order valence-electron chi connectivity index (χ3n) is 5.54. The Balaban J connectivity index is 1.36. The van der Waals surface area contributed by atoms with Gasteiger partial charge in [-0.3, -0.25) is 9.59 Å². The van der Waals surface area contributed by atoms with Crippen molar-refractivity contribution in [3.05, 3.63) is 65.2 Å². The lowest BCUT2D eigenvalue weighted by atomic mass is 9.98. The molecule has 2 aliphatic rings. The molecule has 2 aromatic carbocycles. The second-order valence-electron chi connectivity index (χ2n) is 7.65. The van der Waals surface area contributed by atoms with Gasteiger partial charge in [0.25, 0.3) is 0 Å². The highest BCUT2D eigenvalue weighted by molar-refractivity contribution is 5.89. The van der Waals surface area contributed by atoms with Crippen molar-refractivity contribution in [3.8, 4) is 5.75 Å². The Morgan fingerprint density at radius 3 is 2.47 bits per heavy atom. The number of hydrogen-bond acceptors (Lipinski definition) is 3. The van der Waals surface area contributed by atoms with Gasteiger partial charge in [0.15, 0.2) is 0 Å². The first-order chi connectivity index (χ1) is 14.3. The second kappa shape index (κ2) is 8.01. The SMILES string of the molecule is O=C1CC(C(=O)N2CCc3ccccc3C2)CN1Cc1ccc(OC(F)(F)F)cc1. The number of ether oxygens (including phenoxy) is 1. The molecule has 0 radical (unpaired) electrons. The lowest BCUT2D eigenvalue weighted by Gasteiger charge is -2.30. The first-order valence-corrected chi connectivity index (χ1v) is 9.76. The van der Waals surface area contributed by atoms with Crippen LogP contribution in [0.1, 0.15) is 23.1 Å². The Kier molecular flexibility index (Phi) is 5.40. The zero-order valence-corrected chi connectivity index (χ0v) is 16.2. The van der Waals surface area contributed by atoms with Crippen LogP contribution in [0.5, 0.6) is 5.75 Å². The van der Waals surface area contributed by atoms with E-state index in [1.54, 1.807) is 4.90 Å². The summed E-state index contributed by atoms with van der Waals surface area (Å²) in [5, 5.41) is 0. The van der Waals surface area contributed by atoms with E-state index >= 15 is 0 Å². The summed E-state index contributed by atoms with van der Waals surface area (Å²) in [5.41, 5.74) is 3.07. The fraction of sp³-hybridized carbons (Fsp3) is 0.364. The lowest BCUT2D eigenvalue weighted by Crippen LogP contribution is -2.40. The molecular formula is C22H21F3N2O3. The van der Waals surface area contributed by atoms with Gasteiger partial charge in [0.05, 0.1) is 5.92 Å². The van der Waals surface area contributed by atoms with E-state index in [-0.39, 0.29) is 30.5 Å². The van der Waals surface area contributed by atoms with Gasteiger partial charge in [-0.25, -0.2) is 0 Å². The minimum absolute atomic E-state index is 0.0192. The van der Waals surface area contributed by atoms with Gasteiger partial charge in [0, 0.05) is 32.6 Å². The van der Waals surface area contributed by atoms with Crippen LogP contribution in [0.15, 0.2) is 48.5 Å². The van der Waals surface area contributed by atoms with Crippen LogP contribution >= 0.6 is 0 Å². The Bertz CT molecular complexity index is 943. The van der Waals surface area contributed by atoms with Crippen molar-refractivity contribution in [2.75, 3.05) is 13.1 Å².